The van der Waals surface area contributed by atoms with Gasteiger partial charge < -0.3 is 15.0 Å². The van der Waals surface area contributed by atoms with Crippen LogP contribution in [0.15, 0.2) is 6.33 Å². The molecule has 0 aliphatic rings. The van der Waals surface area contributed by atoms with E-state index in [1.165, 1.54) is 5.69 Å². The Kier molecular flexibility index (Phi) is 4.29. The largest absolute Gasteiger partial charge is 0.392 e. The van der Waals surface area contributed by atoms with Crippen LogP contribution in [0.2, 0.25) is 0 Å². The van der Waals surface area contributed by atoms with E-state index in [1.54, 1.807) is 6.92 Å². The van der Waals surface area contributed by atoms with Gasteiger partial charge in [0.25, 0.3) is 0 Å². The van der Waals surface area contributed by atoms with Gasteiger partial charge in [-0.05, 0) is 27.7 Å². The second-order valence-corrected chi connectivity index (χ2v) is 4.23. The van der Waals surface area contributed by atoms with E-state index in [1.807, 2.05) is 13.3 Å². The minimum absolute atomic E-state index is 0.293. The number of hydrogen-bond acceptors (Lipinski definition) is 3. The van der Waals surface area contributed by atoms with E-state index >= 15 is 0 Å². The molecule has 1 heterocycles. The van der Waals surface area contributed by atoms with Crippen LogP contribution in [0.1, 0.15) is 25.2 Å². The highest BCUT2D eigenvalue weighted by Crippen LogP contribution is 2.04. The summed E-state index contributed by atoms with van der Waals surface area (Å²) in [5.41, 5.74) is 2.29. The van der Waals surface area contributed by atoms with Crippen molar-refractivity contribution in [2.24, 2.45) is 0 Å². The second-order valence-electron chi connectivity index (χ2n) is 4.23. The predicted molar refractivity (Wildman–Crippen MR) is 60.8 cm³/mol. The van der Waals surface area contributed by atoms with E-state index < -0.39 is 0 Å². The van der Waals surface area contributed by atoms with Gasteiger partial charge in [0.2, 0.25) is 0 Å². The number of nitrogens with one attached hydrogen (secondary N) is 1. The zero-order valence-electron chi connectivity index (χ0n) is 9.99. The summed E-state index contributed by atoms with van der Waals surface area (Å²) in [5.74, 6) is 0. The van der Waals surface area contributed by atoms with Gasteiger partial charge in [-0.3, -0.25) is 0 Å². The van der Waals surface area contributed by atoms with Crippen molar-refractivity contribution in [3.05, 3.63) is 17.7 Å². The molecule has 1 aromatic rings. The Morgan fingerprint density at radius 1 is 1.47 bits per heavy atom. The van der Waals surface area contributed by atoms with E-state index in [4.69, 9.17) is 5.11 Å². The molecule has 15 heavy (non-hydrogen) atoms. The molecule has 0 saturated heterocycles. The lowest BCUT2D eigenvalue weighted by atomic mass is 10.3. The van der Waals surface area contributed by atoms with Crippen LogP contribution in [0, 0.1) is 13.8 Å². The molecule has 2 N–H and O–H groups in total. The topological polar surface area (TPSA) is 50.1 Å². The van der Waals surface area contributed by atoms with Crippen LogP contribution in [0.3, 0.4) is 0 Å². The molecule has 0 aliphatic heterocycles. The molecular formula is C11H21N3O. The molecule has 1 rings (SSSR count). The Balaban J connectivity index is 2.44. The molecule has 4 nitrogen and oxygen atoms in total. The van der Waals surface area contributed by atoms with Crippen molar-refractivity contribution < 1.29 is 5.11 Å². The molecule has 2 atom stereocenters. The maximum Gasteiger partial charge on any atom is 0.0951 e. The summed E-state index contributed by atoms with van der Waals surface area (Å²) >= 11 is 0. The third-order valence-corrected chi connectivity index (χ3v) is 2.58. The van der Waals surface area contributed by atoms with Gasteiger partial charge in [0, 0.05) is 24.8 Å². The molecule has 0 fully saturated rings. The van der Waals surface area contributed by atoms with Crippen molar-refractivity contribution in [3.63, 3.8) is 0 Å². The normalized spacial score (nSPS) is 15.3. The van der Waals surface area contributed by atoms with E-state index in [2.05, 4.69) is 28.7 Å². The molecule has 0 aromatic carbocycles. The third kappa shape index (κ3) is 3.64. The van der Waals surface area contributed by atoms with Crippen LogP contribution in [0.4, 0.5) is 0 Å². The first kappa shape index (κ1) is 12.2. The number of aryl methyl sites for hydroxylation is 1. The van der Waals surface area contributed by atoms with Crippen molar-refractivity contribution in [2.45, 2.75) is 46.4 Å². The van der Waals surface area contributed by atoms with Crippen molar-refractivity contribution in [2.75, 3.05) is 6.54 Å². The number of nitrogens with zero attached hydrogens (tertiary/aromatic N) is 2. The summed E-state index contributed by atoms with van der Waals surface area (Å²) in [5, 5.41) is 12.4. The fourth-order valence-electron chi connectivity index (χ4n) is 1.46. The Morgan fingerprint density at radius 2 is 2.13 bits per heavy atom. The van der Waals surface area contributed by atoms with Gasteiger partial charge >= 0.3 is 0 Å². The summed E-state index contributed by atoms with van der Waals surface area (Å²) in [4.78, 5) is 4.25. The Labute approximate surface area is 91.3 Å². The maximum absolute atomic E-state index is 9.14. The Hall–Kier alpha value is -0.870. The molecular weight excluding hydrogens is 190 g/mol. The Morgan fingerprint density at radius 3 is 2.60 bits per heavy atom. The molecule has 0 saturated carbocycles. The lowest BCUT2D eigenvalue weighted by molar-refractivity contribution is 0.185. The highest BCUT2D eigenvalue weighted by atomic mass is 16.3. The fourth-order valence-corrected chi connectivity index (χ4v) is 1.46. The minimum Gasteiger partial charge on any atom is -0.392 e. The first-order valence-corrected chi connectivity index (χ1v) is 5.40. The molecule has 86 valence electrons. The monoisotopic (exact) mass is 211 g/mol. The molecule has 0 aliphatic carbocycles. The van der Waals surface area contributed by atoms with Gasteiger partial charge in [0.1, 0.15) is 0 Å². The van der Waals surface area contributed by atoms with Gasteiger partial charge in [0.05, 0.1) is 18.1 Å². The Bertz CT molecular complexity index is 307. The predicted octanol–water partition coefficient (Wildman–Crippen LogP) is 0.859. The quantitative estimate of drug-likeness (QED) is 0.759. The van der Waals surface area contributed by atoms with Crippen LogP contribution in [-0.2, 0) is 6.54 Å². The summed E-state index contributed by atoms with van der Waals surface area (Å²) in [7, 11) is 0. The summed E-state index contributed by atoms with van der Waals surface area (Å²) in [6.45, 7) is 9.50. The number of imidazole rings is 1. The molecule has 4 heteroatoms. The SMILES string of the molecule is Cc1ncn(CC(C)NC[C@@H](C)O)c1C. The fraction of sp³-hybridized carbons (Fsp3) is 0.727. The number of aliphatic hydroxyl groups excluding tert-OH is 1. The molecule has 1 aromatic heterocycles. The van der Waals surface area contributed by atoms with Crippen LogP contribution in [-0.4, -0.2) is 33.3 Å². The lowest BCUT2D eigenvalue weighted by Crippen LogP contribution is -2.35. The number of hydrogen-bond donors (Lipinski definition) is 2. The number of aromatic nitrogens is 2. The zero-order valence-corrected chi connectivity index (χ0v) is 9.99. The average Bonchev–Trinajstić information content (AvgIpc) is 2.47. The van der Waals surface area contributed by atoms with Crippen molar-refractivity contribution in [1.29, 1.82) is 0 Å². The maximum atomic E-state index is 9.14. The van der Waals surface area contributed by atoms with Crippen LogP contribution < -0.4 is 5.32 Å². The van der Waals surface area contributed by atoms with Gasteiger partial charge in [-0.2, -0.15) is 0 Å². The van der Waals surface area contributed by atoms with Gasteiger partial charge in [-0.25, -0.2) is 4.98 Å². The average molecular weight is 211 g/mol. The smallest absolute Gasteiger partial charge is 0.0951 e. The lowest BCUT2D eigenvalue weighted by Gasteiger charge is -2.16. The molecule has 0 amide bonds. The van der Waals surface area contributed by atoms with Gasteiger partial charge in [-0.15, -0.1) is 0 Å². The third-order valence-electron chi connectivity index (χ3n) is 2.58. The zero-order chi connectivity index (χ0) is 11.4. The summed E-state index contributed by atoms with van der Waals surface area (Å²) in [6, 6.07) is 0.340. The summed E-state index contributed by atoms with van der Waals surface area (Å²) < 4.78 is 2.13. The standard InChI is InChI=1S/C11H21N3O/c1-8(12-5-9(2)15)6-14-7-13-10(3)11(14)4/h7-9,12,15H,5-6H2,1-4H3/t8?,9-/m1/s1. The van der Waals surface area contributed by atoms with Crippen molar-refractivity contribution in [1.82, 2.24) is 14.9 Å². The molecule has 0 radical (unpaired) electrons. The van der Waals surface area contributed by atoms with E-state index in [0.717, 1.165) is 12.2 Å². The highest BCUT2D eigenvalue weighted by Gasteiger charge is 2.07. The van der Waals surface area contributed by atoms with E-state index in [9.17, 15) is 0 Å². The summed E-state index contributed by atoms with van der Waals surface area (Å²) in [6.07, 6.45) is 1.57. The van der Waals surface area contributed by atoms with E-state index in [-0.39, 0.29) is 6.10 Å². The number of aliphatic hydroxyl groups is 1. The first-order valence-electron chi connectivity index (χ1n) is 5.40. The van der Waals surface area contributed by atoms with Crippen molar-refractivity contribution in [3.8, 4) is 0 Å². The highest BCUT2D eigenvalue weighted by molar-refractivity contribution is 5.08. The van der Waals surface area contributed by atoms with Crippen LogP contribution >= 0.6 is 0 Å². The van der Waals surface area contributed by atoms with Crippen LogP contribution in [0.25, 0.3) is 0 Å². The van der Waals surface area contributed by atoms with Crippen LogP contribution in [0.5, 0.6) is 0 Å². The molecule has 0 spiro atoms. The number of rotatable bonds is 5. The van der Waals surface area contributed by atoms with E-state index in [0.29, 0.717) is 12.6 Å². The minimum atomic E-state index is -0.293. The molecule has 0 bridgehead atoms. The van der Waals surface area contributed by atoms with Gasteiger partial charge in [0.15, 0.2) is 0 Å². The first-order chi connectivity index (χ1) is 7.00. The molecule has 1 unspecified atom stereocenters. The van der Waals surface area contributed by atoms with Crippen molar-refractivity contribution >= 4 is 0 Å². The van der Waals surface area contributed by atoms with Gasteiger partial charge in [-0.1, -0.05) is 0 Å². The second kappa shape index (κ2) is 5.28.